The summed E-state index contributed by atoms with van der Waals surface area (Å²) < 4.78 is 0.987. The highest BCUT2D eigenvalue weighted by Crippen LogP contribution is 2.21. The largest absolute Gasteiger partial charge is 0.322 e. The lowest BCUT2D eigenvalue weighted by Gasteiger charge is -2.09. The van der Waals surface area contributed by atoms with Gasteiger partial charge in [0.15, 0.2) is 0 Å². The molecule has 0 aliphatic rings. The van der Waals surface area contributed by atoms with Crippen LogP contribution in [0.2, 0.25) is 0 Å². The molecule has 130 valence electrons. The Morgan fingerprint density at radius 1 is 0.731 bits per heavy atom. The van der Waals surface area contributed by atoms with Crippen LogP contribution >= 0.6 is 15.9 Å². The van der Waals surface area contributed by atoms with Gasteiger partial charge < -0.3 is 10.6 Å². The van der Waals surface area contributed by atoms with Gasteiger partial charge >= 0.3 is 0 Å². The van der Waals surface area contributed by atoms with Crippen molar-refractivity contribution in [1.29, 1.82) is 0 Å². The molecule has 0 spiro atoms. The molecule has 26 heavy (non-hydrogen) atoms. The zero-order chi connectivity index (χ0) is 18.5. The number of carbonyl (C=O) groups is 2. The number of anilines is 2. The Bertz CT molecular complexity index is 955. The number of benzene rings is 3. The summed E-state index contributed by atoms with van der Waals surface area (Å²) in [5, 5.41) is 5.67. The van der Waals surface area contributed by atoms with Gasteiger partial charge in [-0.15, -0.1) is 0 Å². The smallest absolute Gasteiger partial charge is 0.255 e. The van der Waals surface area contributed by atoms with Gasteiger partial charge in [-0.3, -0.25) is 9.59 Å². The number of hydrogen-bond donors (Lipinski definition) is 2. The summed E-state index contributed by atoms with van der Waals surface area (Å²) in [5.41, 5.74) is 3.35. The van der Waals surface area contributed by atoms with Crippen molar-refractivity contribution in [2.24, 2.45) is 0 Å². The standard InChI is InChI=1S/C21H17BrN2O2/c1-14-12-18(10-11-19(14)22)24-21(26)16-8-5-9-17(13-16)23-20(25)15-6-3-2-4-7-15/h2-13H,1H3,(H,23,25)(H,24,26). The highest BCUT2D eigenvalue weighted by Gasteiger charge is 2.10. The number of carbonyl (C=O) groups excluding carboxylic acids is 2. The van der Waals surface area contributed by atoms with E-state index < -0.39 is 0 Å². The second-order valence-electron chi connectivity index (χ2n) is 5.82. The monoisotopic (exact) mass is 408 g/mol. The van der Waals surface area contributed by atoms with Crippen LogP contribution in [0.25, 0.3) is 0 Å². The summed E-state index contributed by atoms with van der Waals surface area (Å²) in [6, 6.07) is 21.4. The van der Waals surface area contributed by atoms with E-state index in [2.05, 4.69) is 26.6 Å². The maximum Gasteiger partial charge on any atom is 0.255 e. The average Bonchev–Trinajstić information content (AvgIpc) is 2.65. The van der Waals surface area contributed by atoms with Gasteiger partial charge in [0.1, 0.15) is 0 Å². The van der Waals surface area contributed by atoms with E-state index in [1.165, 1.54) is 0 Å². The zero-order valence-corrected chi connectivity index (χ0v) is 15.7. The van der Waals surface area contributed by atoms with Crippen LogP contribution in [-0.4, -0.2) is 11.8 Å². The van der Waals surface area contributed by atoms with Crippen LogP contribution in [0.15, 0.2) is 77.3 Å². The lowest BCUT2D eigenvalue weighted by atomic mass is 10.1. The Morgan fingerprint density at radius 2 is 1.35 bits per heavy atom. The minimum Gasteiger partial charge on any atom is -0.322 e. The van der Waals surface area contributed by atoms with Gasteiger partial charge in [0, 0.05) is 27.0 Å². The molecule has 3 aromatic carbocycles. The van der Waals surface area contributed by atoms with E-state index in [1.54, 1.807) is 48.5 Å². The number of hydrogen-bond acceptors (Lipinski definition) is 2. The third kappa shape index (κ3) is 4.37. The van der Waals surface area contributed by atoms with E-state index in [0.717, 1.165) is 15.7 Å². The number of aryl methyl sites for hydroxylation is 1. The predicted octanol–water partition coefficient (Wildman–Crippen LogP) is 5.26. The minimum absolute atomic E-state index is 0.216. The summed E-state index contributed by atoms with van der Waals surface area (Å²) in [6.45, 7) is 1.96. The molecule has 0 bridgehead atoms. The molecule has 0 aliphatic heterocycles. The normalized spacial score (nSPS) is 10.2. The van der Waals surface area contributed by atoms with Gasteiger partial charge in [-0.25, -0.2) is 0 Å². The third-order valence-corrected chi connectivity index (χ3v) is 4.72. The SMILES string of the molecule is Cc1cc(NC(=O)c2cccc(NC(=O)c3ccccc3)c2)ccc1Br. The van der Waals surface area contributed by atoms with E-state index in [4.69, 9.17) is 0 Å². The fourth-order valence-electron chi connectivity index (χ4n) is 2.46. The molecule has 0 saturated heterocycles. The Balaban J connectivity index is 1.73. The molecule has 0 saturated carbocycles. The van der Waals surface area contributed by atoms with Gasteiger partial charge in [-0.05, 0) is 61.0 Å². The summed E-state index contributed by atoms with van der Waals surface area (Å²) in [6.07, 6.45) is 0. The maximum atomic E-state index is 12.5. The maximum absolute atomic E-state index is 12.5. The van der Waals surface area contributed by atoms with Crippen molar-refractivity contribution in [2.45, 2.75) is 6.92 Å². The van der Waals surface area contributed by atoms with E-state index in [9.17, 15) is 9.59 Å². The first-order valence-corrected chi connectivity index (χ1v) is 8.86. The van der Waals surface area contributed by atoms with Crippen molar-refractivity contribution in [3.8, 4) is 0 Å². The Labute approximate surface area is 160 Å². The van der Waals surface area contributed by atoms with Crippen molar-refractivity contribution < 1.29 is 9.59 Å². The van der Waals surface area contributed by atoms with Crippen LogP contribution in [0.1, 0.15) is 26.3 Å². The molecule has 3 rings (SSSR count). The molecule has 3 aromatic rings. The van der Waals surface area contributed by atoms with Crippen LogP contribution in [0, 0.1) is 6.92 Å². The Morgan fingerprint density at radius 3 is 2.04 bits per heavy atom. The molecule has 0 aliphatic carbocycles. The molecule has 5 heteroatoms. The van der Waals surface area contributed by atoms with Crippen LogP contribution < -0.4 is 10.6 Å². The topological polar surface area (TPSA) is 58.2 Å². The summed E-state index contributed by atoms with van der Waals surface area (Å²) >= 11 is 3.44. The van der Waals surface area contributed by atoms with Gasteiger partial charge in [0.2, 0.25) is 0 Å². The highest BCUT2D eigenvalue weighted by atomic mass is 79.9. The van der Waals surface area contributed by atoms with Crippen LogP contribution in [0.5, 0.6) is 0 Å². The third-order valence-electron chi connectivity index (χ3n) is 3.83. The van der Waals surface area contributed by atoms with E-state index in [-0.39, 0.29) is 11.8 Å². The molecule has 0 heterocycles. The number of halogens is 1. The number of amides is 2. The molecular formula is C21H17BrN2O2. The van der Waals surface area contributed by atoms with Crippen molar-refractivity contribution in [2.75, 3.05) is 10.6 Å². The molecule has 0 radical (unpaired) electrons. The minimum atomic E-state index is -0.234. The molecule has 0 fully saturated rings. The van der Waals surface area contributed by atoms with Crippen LogP contribution in [0.3, 0.4) is 0 Å². The second-order valence-corrected chi connectivity index (χ2v) is 6.67. The van der Waals surface area contributed by atoms with Gasteiger partial charge in [0.05, 0.1) is 0 Å². The van der Waals surface area contributed by atoms with Gasteiger partial charge in [-0.1, -0.05) is 40.2 Å². The molecule has 0 unspecified atom stereocenters. The quantitative estimate of drug-likeness (QED) is 0.618. The molecule has 2 N–H and O–H groups in total. The Hall–Kier alpha value is -2.92. The van der Waals surface area contributed by atoms with E-state index in [1.807, 2.05) is 31.2 Å². The van der Waals surface area contributed by atoms with E-state index >= 15 is 0 Å². The first kappa shape index (κ1) is 17.9. The molecule has 4 nitrogen and oxygen atoms in total. The molecular weight excluding hydrogens is 392 g/mol. The van der Waals surface area contributed by atoms with Crippen molar-refractivity contribution in [3.63, 3.8) is 0 Å². The lowest BCUT2D eigenvalue weighted by Crippen LogP contribution is -2.14. The number of rotatable bonds is 4. The first-order chi connectivity index (χ1) is 12.5. The van der Waals surface area contributed by atoms with Crippen LogP contribution in [-0.2, 0) is 0 Å². The molecule has 0 atom stereocenters. The lowest BCUT2D eigenvalue weighted by molar-refractivity contribution is 0.101. The van der Waals surface area contributed by atoms with Crippen molar-refractivity contribution >= 4 is 39.1 Å². The van der Waals surface area contributed by atoms with Crippen molar-refractivity contribution in [3.05, 3.63) is 94.0 Å². The summed E-state index contributed by atoms with van der Waals surface area (Å²) in [7, 11) is 0. The number of nitrogens with one attached hydrogen (secondary N) is 2. The van der Waals surface area contributed by atoms with Crippen molar-refractivity contribution in [1.82, 2.24) is 0 Å². The average molecular weight is 409 g/mol. The molecule has 2 amide bonds. The Kier molecular flexibility index (Phi) is 5.49. The highest BCUT2D eigenvalue weighted by molar-refractivity contribution is 9.10. The predicted molar refractivity (Wildman–Crippen MR) is 108 cm³/mol. The first-order valence-electron chi connectivity index (χ1n) is 8.07. The van der Waals surface area contributed by atoms with Gasteiger partial charge in [0.25, 0.3) is 11.8 Å². The van der Waals surface area contributed by atoms with Crippen LogP contribution in [0.4, 0.5) is 11.4 Å². The fourth-order valence-corrected chi connectivity index (χ4v) is 2.70. The second kappa shape index (κ2) is 7.97. The van der Waals surface area contributed by atoms with E-state index in [0.29, 0.717) is 16.8 Å². The zero-order valence-electron chi connectivity index (χ0n) is 14.1. The molecule has 0 aromatic heterocycles. The summed E-state index contributed by atoms with van der Waals surface area (Å²) in [4.78, 5) is 24.7. The van der Waals surface area contributed by atoms with Gasteiger partial charge in [-0.2, -0.15) is 0 Å². The fraction of sp³-hybridized carbons (Fsp3) is 0.0476. The summed E-state index contributed by atoms with van der Waals surface area (Å²) in [5.74, 6) is -0.450.